The van der Waals surface area contributed by atoms with E-state index in [0.717, 1.165) is 34.6 Å². The fourth-order valence-electron chi connectivity index (χ4n) is 5.46. The van der Waals surface area contributed by atoms with Crippen molar-refractivity contribution in [1.29, 1.82) is 0 Å². The van der Waals surface area contributed by atoms with Crippen LogP contribution in [0.4, 0.5) is 11.8 Å². The van der Waals surface area contributed by atoms with Crippen LogP contribution < -0.4 is 11.1 Å². The number of anilines is 2. The van der Waals surface area contributed by atoms with Gasteiger partial charge in [0.2, 0.25) is 5.95 Å². The number of aromatic nitrogens is 4. The summed E-state index contributed by atoms with van der Waals surface area (Å²) in [5, 5.41) is 11.7. The van der Waals surface area contributed by atoms with Gasteiger partial charge >= 0.3 is 0 Å². The summed E-state index contributed by atoms with van der Waals surface area (Å²) in [7, 11) is 0. The number of rotatable bonds is 2. The number of fused-ring (bicyclic) bond motifs is 1. The van der Waals surface area contributed by atoms with Crippen LogP contribution in [0.5, 0.6) is 0 Å². The summed E-state index contributed by atoms with van der Waals surface area (Å²) in [5.41, 5.74) is 6.78. The second-order valence-electron chi connectivity index (χ2n) is 7.39. The minimum Gasteiger partial charge on any atom is -0.368 e. The number of hydrogen-bond donors (Lipinski definition) is 3. The Hall–Kier alpha value is -1.85. The molecule has 4 aliphatic carbocycles. The van der Waals surface area contributed by atoms with Crippen LogP contribution in [0, 0.1) is 17.8 Å². The van der Waals surface area contributed by atoms with E-state index in [2.05, 4.69) is 25.5 Å². The number of H-pyrrole nitrogens is 1. The molecule has 6 nitrogen and oxygen atoms in total. The fourth-order valence-corrected chi connectivity index (χ4v) is 5.46. The van der Waals surface area contributed by atoms with Crippen molar-refractivity contribution in [2.75, 3.05) is 11.1 Å². The molecule has 0 aromatic carbocycles. The second kappa shape index (κ2) is 3.87. The predicted molar refractivity (Wildman–Crippen MR) is 80.6 cm³/mol. The number of nitrogens with zero attached hydrogens (tertiary/aromatic N) is 3. The Balaban J connectivity index is 1.55. The molecule has 4 bridgehead atoms. The van der Waals surface area contributed by atoms with Gasteiger partial charge < -0.3 is 11.1 Å². The van der Waals surface area contributed by atoms with E-state index in [9.17, 15) is 0 Å². The summed E-state index contributed by atoms with van der Waals surface area (Å²) >= 11 is 0. The highest BCUT2D eigenvalue weighted by molar-refractivity contribution is 5.87. The van der Waals surface area contributed by atoms with Gasteiger partial charge in [-0.2, -0.15) is 15.1 Å². The van der Waals surface area contributed by atoms with Gasteiger partial charge in [0, 0.05) is 5.54 Å². The molecule has 4 N–H and O–H groups in total. The maximum absolute atomic E-state index is 5.84. The average Bonchev–Trinajstić information content (AvgIpc) is 2.84. The molecule has 4 saturated carbocycles. The maximum Gasteiger partial charge on any atom is 0.224 e. The lowest BCUT2D eigenvalue weighted by atomic mass is 9.53. The molecule has 2 aromatic heterocycles. The van der Waals surface area contributed by atoms with Gasteiger partial charge in [-0.1, -0.05) is 0 Å². The van der Waals surface area contributed by atoms with E-state index in [4.69, 9.17) is 5.73 Å². The zero-order valence-corrected chi connectivity index (χ0v) is 12.0. The largest absolute Gasteiger partial charge is 0.368 e. The normalized spacial score (nSPS) is 37.2. The van der Waals surface area contributed by atoms with E-state index < -0.39 is 0 Å². The molecule has 0 amide bonds. The first kappa shape index (κ1) is 11.8. The third-order valence-corrected chi connectivity index (χ3v) is 5.75. The van der Waals surface area contributed by atoms with Crippen LogP contribution in [0.1, 0.15) is 38.5 Å². The minimum absolute atomic E-state index is 0.222. The third kappa shape index (κ3) is 1.74. The van der Waals surface area contributed by atoms with E-state index in [1.807, 2.05) is 0 Å². The zero-order chi connectivity index (χ0) is 14.0. The van der Waals surface area contributed by atoms with Gasteiger partial charge in [-0.3, -0.25) is 5.10 Å². The molecule has 0 spiro atoms. The first-order valence-electron chi connectivity index (χ1n) is 7.94. The van der Waals surface area contributed by atoms with Gasteiger partial charge in [-0.05, 0) is 56.3 Å². The molecule has 4 aliphatic rings. The molecule has 4 fully saturated rings. The summed E-state index contributed by atoms with van der Waals surface area (Å²) in [6.45, 7) is 0. The molecule has 0 unspecified atom stereocenters. The van der Waals surface area contributed by atoms with Gasteiger partial charge in [-0.25, -0.2) is 0 Å². The smallest absolute Gasteiger partial charge is 0.224 e. The summed E-state index contributed by atoms with van der Waals surface area (Å²) in [6, 6.07) is 0. The lowest BCUT2D eigenvalue weighted by molar-refractivity contribution is 0.0106. The number of nitrogens with two attached hydrogens (primary N) is 1. The standard InChI is InChI=1S/C15H20N6/c16-14-18-12(11-7-17-21-13(11)19-14)20-15-4-8-1-9(5-15)3-10(2-8)6-15/h7-10H,1-6H2,(H4,16,17,18,19,20,21). The van der Waals surface area contributed by atoms with Gasteiger partial charge in [0.15, 0.2) is 5.65 Å². The quantitative estimate of drug-likeness (QED) is 0.787. The summed E-state index contributed by atoms with van der Waals surface area (Å²) in [4.78, 5) is 8.64. The second-order valence-corrected chi connectivity index (χ2v) is 7.39. The van der Waals surface area contributed by atoms with E-state index in [0.29, 0.717) is 5.95 Å². The predicted octanol–water partition coefficient (Wildman–Crippen LogP) is 2.32. The average molecular weight is 284 g/mol. The molecule has 21 heavy (non-hydrogen) atoms. The molecule has 6 rings (SSSR count). The Morgan fingerprint density at radius 3 is 2.43 bits per heavy atom. The SMILES string of the molecule is Nc1nc(NC23CC4CC(CC(C4)C2)C3)c2cn[nH]c2n1. The monoisotopic (exact) mass is 284 g/mol. The van der Waals surface area contributed by atoms with E-state index >= 15 is 0 Å². The van der Waals surface area contributed by atoms with Crippen LogP contribution in [-0.4, -0.2) is 25.7 Å². The van der Waals surface area contributed by atoms with Gasteiger partial charge in [0.05, 0.1) is 11.6 Å². The van der Waals surface area contributed by atoms with Crippen LogP contribution in [0.15, 0.2) is 6.20 Å². The molecule has 2 aromatic rings. The molecular weight excluding hydrogens is 264 g/mol. The highest BCUT2D eigenvalue weighted by atomic mass is 15.2. The summed E-state index contributed by atoms with van der Waals surface area (Å²) < 4.78 is 0. The molecule has 0 atom stereocenters. The Labute approximate surface area is 122 Å². The highest BCUT2D eigenvalue weighted by Crippen LogP contribution is 2.56. The van der Waals surface area contributed by atoms with E-state index in [-0.39, 0.29) is 5.54 Å². The Bertz CT molecular complexity index is 670. The Kier molecular flexibility index (Phi) is 2.17. The number of hydrogen-bond acceptors (Lipinski definition) is 5. The molecule has 6 heteroatoms. The van der Waals surface area contributed by atoms with Crippen molar-refractivity contribution < 1.29 is 0 Å². The first-order valence-corrected chi connectivity index (χ1v) is 7.94. The molecule has 0 radical (unpaired) electrons. The summed E-state index contributed by atoms with van der Waals surface area (Å²) in [5.74, 6) is 3.88. The zero-order valence-electron chi connectivity index (χ0n) is 12.0. The van der Waals surface area contributed by atoms with Crippen molar-refractivity contribution in [2.45, 2.75) is 44.1 Å². The fraction of sp³-hybridized carbons (Fsp3) is 0.667. The minimum atomic E-state index is 0.222. The number of aromatic amines is 1. The first-order chi connectivity index (χ1) is 10.2. The van der Waals surface area contributed by atoms with E-state index in [1.54, 1.807) is 6.20 Å². The lowest BCUT2D eigenvalue weighted by Gasteiger charge is -2.57. The maximum atomic E-state index is 5.84. The Morgan fingerprint density at radius 2 is 1.76 bits per heavy atom. The van der Waals surface area contributed by atoms with Crippen LogP contribution in [-0.2, 0) is 0 Å². The van der Waals surface area contributed by atoms with Crippen molar-refractivity contribution in [1.82, 2.24) is 20.2 Å². The van der Waals surface area contributed by atoms with Gasteiger partial charge in [-0.15, -0.1) is 0 Å². The molecule has 0 aliphatic heterocycles. The van der Waals surface area contributed by atoms with Crippen molar-refractivity contribution in [3.63, 3.8) is 0 Å². The highest BCUT2D eigenvalue weighted by Gasteiger charge is 2.51. The van der Waals surface area contributed by atoms with E-state index in [1.165, 1.54) is 38.5 Å². The van der Waals surface area contributed by atoms with Gasteiger partial charge in [0.1, 0.15) is 5.82 Å². The van der Waals surface area contributed by atoms with Crippen LogP contribution >= 0.6 is 0 Å². The summed E-state index contributed by atoms with van der Waals surface area (Å²) in [6.07, 6.45) is 9.94. The Morgan fingerprint density at radius 1 is 1.10 bits per heavy atom. The molecule has 2 heterocycles. The van der Waals surface area contributed by atoms with Crippen molar-refractivity contribution in [3.05, 3.63) is 6.20 Å². The topological polar surface area (TPSA) is 92.5 Å². The van der Waals surface area contributed by atoms with Crippen molar-refractivity contribution in [3.8, 4) is 0 Å². The number of nitrogens with one attached hydrogen (secondary N) is 2. The van der Waals surface area contributed by atoms with Crippen LogP contribution in [0.2, 0.25) is 0 Å². The van der Waals surface area contributed by atoms with Crippen molar-refractivity contribution in [2.24, 2.45) is 17.8 Å². The van der Waals surface area contributed by atoms with Crippen molar-refractivity contribution >= 4 is 22.8 Å². The van der Waals surface area contributed by atoms with Crippen LogP contribution in [0.25, 0.3) is 11.0 Å². The third-order valence-electron chi connectivity index (χ3n) is 5.75. The molecular formula is C15H20N6. The van der Waals surface area contributed by atoms with Gasteiger partial charge in [0.25, 0.3) is 0 Å². The lowest BCUT2D eigenvalue weighted by Crippen LogP contribution is -2.54. The molecule has 110 valence electrons. The number of nitrogen functional groups attached to an aromatic ring is 1. The molecule has 0 saturated heterocycles. The van der Waals surface area contributed by atoms with Crippen LogP contribution in [0.3, 0.4) is 0 Å².